The van der Waals surface area contributed by atoms with E-state index in [2.05, 4.69) is 34.7 Å². The zero-order valence-corrected chi connectivity index (χ0v) is 13.1. The average Bonchev–Trinajstić information content (AvgIpc) is 2.88. The normalized spacial score (nSPS) is 17.1. The molecule has 2 N–H and O–H groups in total. The Morgan fingerprint density at radius 1 is 1.24 bits per heavy atom. The molecule has 1 unspecified atom stereocenters. The second kappa shape index (κ2) is 7.76. The van der Waals surface area contributed by atoms with Crippen molar-refractivity contribution in [3.05, 3.63) is 23.8 Å². The Hall–Kier alpha value is -1.91. The van der Waals surface area contributed by atoms with Crippen LogP contribution in [0.4, 0.5) is 0 Å². The molecular weight excluding hydrogens is 266 g/mol. The highest BCUT2D eigenvalue weighted by Crippen LogP contribution is 2.28. The standard InChI is InChI=1S/C16H25N3O2/c1-4-20-14-7-6-13(10-15(14)21-5-2)8-9-17-16-18-11-12(3)19-16/h6-7,10,12H,4-5,8-9,11H2,1-3H3,(H2,17,18,19). The van der Waals surface area contributed by atoms with E-state index in [1.54, 1.807) is 0 Å². The highest BCUT2D eigenvalue weighted by atomic mass is 16.5. The number of ether oxygens (including phenoxy) is 2. The lowest BCUT2D eigenvalue weighted by molar-refractivity contribution is 0.287. The average molecular weight is 291 g/mol. The smallest absolute Gasteiger partial charge is 0.191 e. The summed E-state index contributed by atoms with van der Waals surface area (Å²) in [5, 5.41) is 6.61. The van der Waals surface area contributed by atoms with E-state index in [0.717, 1.165) is 37.0 Å². The van der Waals surface area contributed by atoms with Crippen molar-refractivity contribution >= 4 is 5.96 Å². The molecule has 5 heteroatoms. The molecule has 0 radical (unpaired) electrons. The zero-order valence-electron chi connectivity index (χ0n) is 13.1. The monoisotopic (exact) mass is 291 g/mol. The van der Waals surface area contributed by atoms with Crippen LogP contribution in [0.1, 0.15) is 26.3 Å². The Morgan fingerprint density at radius 2 is 2.00 bits per heavy atom. The Labute approximate surface area is 126 Å². The van der Waals surface area contributed by atoms with E-state index in [0.29, 0.717) is 19.3 Å². The first-order chi connectivity index (χ1) is 10.2. The lowest BCUT2D eigenvalue weighted by Gasteiger charge is -2.13. The van der Waals surface area contributed by atoms with Crippen molar-refractivity contribution in [2.24, 2.45) is 4.99 Å². The molecule has 0 amide bonds. The van der Waals surface area contributed by atoms with Crippen molar-refractivity contribution in [1.29, 1.82) is 0 Å². The maximum absolute atomic E-state index is 5.64. The summed E-state index contributed by atoms with van der Waals surface area (Å²) in [5.41, 5.74) is 1.22. The number of rotatable bonds is 7. The number of nitrogens with zero attached hydrogens (tertiary/aromatic N) is 1. The van der Waals surface area contributed by atoms with Gasteiger partial charge in [-0.05, 0) is 44.9 Å². The molecule has 116 valence electrons. The van der Waals surface area contributed by atoms with Gasteiger partial charge >= 0.3 is 0 Å². The van der Waals surface area contributed by atoms with Crippen molar-refractivity contribution in [3.63, 3.8) is 0 Å². The predicted molar refractivity (Wildman–Crippen MR) is 85.4 cm³/mol. The molecule has 1 atom stereocenters. The molecule has 0 bridgehead atoms. The molecule has 21 heavy (non-hydrogen) atoms. The van der Waals surface area contributed by atoms with Crippen molar-refractivity contribution in [1.82, 2.24) is 10.6 Å². The van der Waals surface area contributed by atoms with Gasteiger partial charge in [-0.25, -0.2) is 0 Å². The third kappa shape index (κ3) is 4.55. The minimum absolute atomic E-state index is 0.433. The summed E-state index contributed by atoms with van der Waals surface area (Å²) in [4.78, 5) is 4.38. The molecule has 0 saturated heterocycles. The first-order valence-electron chi connectivity index (χ1n) is 7.66. The van der Waals surface area contributed by atoms with Crippen LogP contribution in [0.25, 0.3) is 0 Å². The highest BCUT2D eigenvalue weighted by Gasteiger charge is 2.11. The second-order valence-electron chi connectivity index (χ2n) is 5.06. The number of benzene rings is 1. The van der Waals surface area contributed by atoms with Crippen LogP contribution < -0.4 is 20.1 Å². The molecule has 1 aliphatic rings. The van der Waals surface area contributed by atoms with E-state index in [9.17, 15) is 0 Å². The van der Waals surface area contributed by atoms with Gasteiger partial charge in [-0.1, -0.05) is 6.07 Å². The molecule has 0 saturated carbocycles. The topological polar surface area (TPSA) is 54.9 Å². The summed E-state index contributed by atoms with van der Waals surface area (Å²) in [5.74, 6) is 2.53. The third-order valence-corrected chi connectivity index (χ3v) is 3.22. The van der Waals surface area contributed by atoms with Gasteiger partial charge in [0.2, 0.25) is 0 Å². The van der Waals surface area contributed by atoms with E-state index in [1.165, 1.54) is 5.56 Å². The van der Waals surface area contributed by atoms with Gasteiger partial charge in [-0.15, -0.1) is 0 Å². The maximum Gasteiger partial charge on any atom is 0.191 e. The van der Waals surface area contributed by atoms with E-state index >= 15 is 0 Å². The number of hydrogen-bond acceptors (Lipinski definition) is 5. The summed E-state index contributed by atoms with van der Waals surface area (Å²) in [6.45, 7) is 9.06. The van der Waals surface area contributed by atoms with Crippen LogP contribution in [0.2, 0.25) is 0 Å². The van der Waals surface area contributed by atoms with Crippen molar-refractivity contribution in [3.8, 4) is 11.5 Å². The van der Waals surface area contributed by atoms with Gasteiger partial charge in [0, 0.05) is 12.6 Å². The SMILES string of the molecule is CCOc1ccc(CCNC2=NCC(C)N2)cc1OCC. The molecule has 1 aliphatic heterocycles. The Balaban J connectivity index is 1.89. The van der Waals surface area contributed by atoms with Crippen LogP contribution in [-0.4, -0.2) is 38.3 Å². The minimum atomic E-state index is 0.433. The summed E-state index contributed by atoms with van der Waals surface area (Å²) >= 11 is 0. The largest absolute Gasteiger partial charge is 0.490 e. The number of aliphatic imine (C=N–C) groups is 1. The Morgan fingerprint density at radius 3 is 2.67 bits per heavy atom. The van der Waals surface area contributed by atoms with Gasteiger partial charge in [0.15, 0.2) is 17.5 Å². The van der Waals surface area contributed by atoms with E-state index in [1.807, 2.05) is 19.9 Å². The van der Waals surface area contributed by atoms with Crippen molar-refractivity contribution < 1.29 is 9.47 Å². The lowest BCUT2D eigenvalue weighted by Crippen LogP contribution is -2.38. The summed E-state index contributed by atoms with van der Waals surface area (Å²) in [7, 11) is 0. The molecule has 5 nitrogen and oxygen atoms in total. The summed E-state index contributed by atoms with van der Waals surface area (Å²) < 4.78 is 11.2. The second-order valence-corrected chi connectivity index (χ2v) is 5.06. The van der Waals surface area contributed by atoms with Crippen molar-refractivity contribution in [2.45, 2.75) is 33.2 Å². The fourth-order valence-electron chi connectivity index (χ4n) is 2.24. The maximum atomic E-state index is 5.64. The van der Waals surface area contributed by atoms with Gasteiger partial charge in [0.05, 0.1) is 19.8 Å². The van der Waals surface area contributed by atoms with Gasteiger partial charge in [0.1, 0.15) is 0 Å². The molecule has 0 spiro atoms. The molecule has 0 aliphatic carbocycles. The highest BCUT2D eigenvalue weighted by molar-refractivity contribution is 5.81. The van der Waals surface area contributed by atoms with E-state index < -0.39 is 0 Å². The van der Waals surface area contributed by atoms with Gasteiger partial charge in [0.25, 0.3) is 0 Å². The van der Waals surface area contributed by atoms with Gasteiger partial charge in [-0.2, -0.15) is 0 Å². The van der Waals surface area contributed by atoms with Crippen LogP contribution in [0.15, 0.2) is 23.2 Å². The van der Waals surface area contributed by atoms with E-state index in [4.69, 9.17) is 9.47 Å². The fraction of sp³-hybridized carbons (Fsp3) is 0.562. The molecule has 1 aromatic carbocycles. The minimum Gasteiger partial charge on any atom is -0.490 e. The predicted octanol–water partition coefficient (Wildman–Crippen LogP) is 1.96. The Kier molecular flexibility index (Phi) is 5.72. The molecule has 0 aromatic heterocycles. The van der Waals surface area contributed by atoms with Crippen LogP contribution in [0.5, 0.6) is 11.5 Å². The quantitative estimate of drug-likeness (QED) is 0.806. The van der Waals surface area contributed by atoms with Crippen LogP contribution in [-0.2, 0) is 6.42 Å². The third-order valence-electron chi connectivity index (χ3n) is 3.22. The molecular formula is C16H25N3O2. The first kappa shape index (κ1) is 15.5. The lowest BCUT2D eigenvalue weighted by atomic mass is 10.1. The summed E-state index contributed by atoms with van der Waals surface area (Å²) in [6.07, 6.45) is 0.918. The van der Waals surface area contributed by atoms with Crippen LogP contribution in [0.3, 0.4) is 0 Å². The first-order valence-corrected chi connectivity index (χ1v) is 7.66. The van der Waals surface area contributed by atoms with E-state index in [-0.39, 0.29) is 0 Å². The number of nitrogens with one attached hydrogen (secondary N) is 2. The fourth-order valence-corrected chi connectivity index (χ4v) is 2.24. The Bertz CT molecular complexity index is 488. The number of hydrogen-bond donors (Lipinski definition) is 2. The van der Waals surface area contributed by atoms with Crippen molar-refractivity contribution in [2.75, 3.05) is 26.3 Å². The van der Waals surface area contributed by atoms with Crippen LogP contribution in [0, 0.1) is 0 Å². The molecule has 1 aromatic rings. The molecule has 1 heterocycles. The van der Waals surface area contributed by atoms with Gasteiger partial charge in [-0.3, -0.25) is 4.99 Å². The molecule has 2 rings (SSSR count). The zero-order chi connectivity index (χ0) is 15.1. The summed E-state index contributed by atoms with van der Waals surface area (Å²) in [6, 6.07) is 6.56. The molecule has 0 fully saturated rings. The van der Waals surface area contributed by atoms with Gasteiger partial charge < -0.3 is 20.1 Å². The number of guanidine groups is 1. The van der Waals surface area contributed by atoms with Crippen LogP contribution >= 0.6 is 0 Å².